The third kappa shape index (κ3) is 5.99. The molecule has 0 aromatic heterocycles. The minimum atomic E-state index is -0.684. The van der Waals surface area contributed by atoms with E-state index in [1.54, 1.807) is 44.4 Å². The molecule has 2 unspecified atom stereocenters. The van der Waals surface area contributed by atoms with Crippen LogP contribution in [0.2, 0.25) is 0 Å². The zero-order valence-corrected chi connectivity index (χ0v) is 23.6. The van der Waals surface area contributed by atoms with Gasteiger partial charge in [-0.25, -0.2) is 0 Å². The standard InChI is InChI=1S/C29H41N3O6/c1-8-10-14-32(9-2)15-13-30-28(33)26-20-17-24(37-6)25(38-7)18-21(20)29(34)31(3)27(26)19-11-12-22(35-4)23(16-19)36-5/h11-12,16-18,26-27H,8-10,13-15H2,1-7H3,(H,30,33). The van der Waals surface area contributed by atoms with Gasteiger partial charge in [-0.05, 0) is 54.9 Å². The largest absolute Gasteiger partial charge is 0.493 e. The number of fused-ring (bicyclic) bond motifs is 1. The molecule has 208 valence electrons. The van der Waals surface area contributed by atoms with Crippen LogP contribution in [0.1, 0.15) is 60.1 Å². The lowest BCUT2D eigenvalue weighted by molar-refractivity contribution is -0.124. The topological polar surface area (TPSA) is 89.6 Å². The summed E-state index contributed by atoms with van der Waals surface area (Å²) in [5.74, 6) is 0.940. The highest BCUT2D eigenvalue weighted by Gasteiger charge is 2.43. The molecule has 0 saturated carbocycles. The zero-order chi connectivity index (χ0) is 27.8. The normalized spacial score (nSPS) is 16.7. The summed E-state index contributed by atoms with van der Waals surface area (Å²) in [5.41, 5.74) is 1.78. The van der Waals surface area contributed by atoms with Crippen LogP contribution in [-0.4, -0.2) is 83.3 Å². The Morgan fingerprint density at radius 2 is 1.55 bits per heavy atom. The van der Waals surface area contributed by atoms with Gasteiger partial charge in [0.25, 0.3) is 5.91 Å². The third-order valence-electron chi connectivity index (χ3n) is 7.21. The minimum absolute atomic E-state index is 0.163. The Morgan fingerprint density at radius 1 is 0.921 bits per heavy atom. The highest BCUT2D eigenvalue weighted by Crippen LogP contribution is 2.46. The van der Waals surface area contributed by atoms with E-state index in [4.69, 9.17) is 18.9 Å². The number of benzene rings is 2. The van der Waals surface area contributed by atoms with E-state index in [1.807, 2.05) is 12.1 Å². The number of likely N-dealkylation sites (N-methyl/N-ethyl adjacent to an activating group) is 2. The van der Waals surface area contributed by atoms with E-state index in [1.165, 1.54) is 14.2 Å². The van der Waals surface area contributed by atoms with Gasteiger partial charge in [0.05, 0.1) is 40.4 Å². The first kappa shape index (κ1) is 29.1. The van der Waals surface area contributed by atoms with Crippen LogP contribution < -0.4 is 24.3 Å². The molecule has 9 heteroatoms. The van der Waals surface area contributed by atoms with Gasteiger partial charge >= 0.3 is 0 Å². The predicted octanol–water partition coefficient (Wildman–Crippen LogP) is 3.87. The van der Waals surface area contributed by atoms with Crippen molar-refractivity contribution in [2.75, 3.05) is 61.7 Å². The second kappa shape index (κ2) is 13.4. The van der Waals surface area contributed by atoms with Gasteiger partial charge in [0.15, 0.2) is 23.0 Å². The third-order valence-corrected chi connectivity index (χ3v) is 7.21. The van der Waals surface area contributed by atoms with Crippen LogP contribution in [0.5, 0.6) is 23.0 Å². The maximum Gasteiger partial charge on any atom is 0.254 e. The summed E-state index contributed by atoms with van der Waals surface area (Å²) in [6.45, 7) is 7.48. The number of methoxy groups -OCH3 is 4. The Balaban J connectivity index is 2.05. The van der Waals surface area contributed by atoms with Crippen molar-refractivity contribution < 1.29 is 28.5 Å². The first-order valence-electron chi connectivity index (χ1n) is 13.1. The summed E-state index contributed by atoms with van der Waals surface area (Å²) in [6.07, 6.45) is 2.24. The molecule has 0 saturated heterocycles. The highest BCUT2D eigenvalue weighted by molar-refractivity contribution is 6.02. The first-order chi connectivity index (χ1) is 18.3. The number of rotatable bonds is 13. The van der Waals surface area contributed by atoms with Crippen LogP contribution in [0.25, 0.3) is 0 Å². The number of hydrogen-bond acceptors (Lipinski definition) is 7. The van der Waals surface area contributed by atoms with Crippen molar-refractivity contribution >= 4 is 11.8 Å². The summed E-state index contributed by atoms with van der Waals surface area (Å²) in [6, 6.07) is 8.31. The molecule has 0 aliphatic carbocycles. The zero-order valence-electron chi connectivity index (χ0n) is 23.6. The predicted molar refractivity (Wildman–Crippen MR) is 147 cm³/mol. The monoisotopic (exact) mass is 527 g/mol. The van der Waals surface area contributed by atoms with Crippen molar-refractivity contribution in [3.8, 4) is 23.0 Å². The second-order valence-corrected chi connectivity index (χ2v) is 9.33. The summed E-state index contributed by atoms with van der Waals surface area (Å²) in [4.78, 5) is 31.4. The molecule has 0 spiro atoms. The van der Waals surface area contributed by atoms with Crippen LogP contribution >= 0.6 is 0 Å². The van der Waals surface area contributed by atoms with Crippen molar-refractivity contribution in [3.63, 3.8) is 0 Å². The molecule has 0 bridgehead atoms. The number of unbranched alkanes of at least 4 members (excludes halogenated alkanes) is 1. The highest BCUT2D eigenvalue weighted by atomic mass is 16.5. The molecular weight excluding hydrogens is 486 g/mol. The fourth-order valence-electron chi connectivity index (χ4n) is 5.04. The van der Waals surface area contributed by atoms with Crippen LogP contribution in [0, 0.1) is 0 Å². The Kier molecular flexibility index (Phi) is 10.2. The summed E-state index contributed by atoms with van der Waals surface area (Å²) < 4.78 is 21.9. The summed E-state index contributed by atoms with van der Waals surface area (Å²) >= 11 is 0. The van der Waals surface area contributed by atoms with Crippen molar-refractivity contribution in [3.05, 3.63) is 47.0 Å². The van der Waals surface area contributed by atoms with Crippen molar-refractivity contribution in [2.24, 2.45) is 0 Å². The Hall–Kier alpha value is -3.46. The fourth-order valence-corrected chi connectivity index (χ4v) is 5.04. The van der Waals surface area contributed by atoms with Gasteiger partial charge in [0.2, 0.25) is 5.91 Å². The van der Waals surface area contributed by atoms with Gasteiger partial charge in [-0.1, -0.05) is 26.3 Å². The van der Waals surface area contributed by atoms with Gasteiger partial charge < -0.3 is 34.1 Å². The van der Waals surface area contributed by atoms with E-state index >= 15 is 0 Å². The molecular formula is C29H41N3O6. The quantitative estimate of drug-likeness (QED) is 0.423. The maximum atomic E-state index is 13.9. The number of nitrogens with zero attached hydrogens (tertiary/aromatic N) is 2. The van der Waals surface area contributed by atoms with E-state index in [2.05, 4.69) is 24.1 Å². The van der Waals surface area contributed by atoms with Gasteiger partial charge in [-0.2, -0.15) is 0 Å². The lowest BCUT2D eigenvalue weighted by Gasteiger charge is -2.40. The van der Waals surface area contributed by atoms with E-state index in [0.29, 0.717) is 40.7 Å². The van der Waals surface area contributed by atoms with Gasteiger partial charge in [0.1, 0.15) is 0 Å². The van der Waals surface area contributed by atoms with Gasteiger partial charge in [-0.15, -0.1) is 0 Å². The smallest absolute Gasteiger partial charge is 0.254 e. The van der Waals surface area contributed by atoms with Gasteiger partial charge in [-0.3, -0.25) is 9.59 Å². The average Bonchev–Trinajstić information content (AvgIpc) is 2.95. The molecule has 1 aliphatic heterocycles. The molecule has 0 radical (unpaired) electrons. The summed E-state index contributed by atoms with van der Waals surface area (Å²) in [7, 11) is 7.91. The van der Waals surface area contributed by atoms with Crippen molar-refractivity contribution in [1.29, 1.82) is 0 Å². The number of amides is 2. The van der Waals surface area contributed by atoms with Crippen molar-refractivity contribution in [2.45, 2.75) is 38.6 Å². The molecule has 1 heterocycles. The lowest BCUT2D eigenvalue weighted by Crippen LogP contribution is -2.46. The molecule has 2 aromatic carbocycles. The van der Waals surface area contributed by atoms with E-state index in [0.717, 1.165) is 38.0 Å². The lowest BCUT2D eigenvalue weighted by atomic mass is 9.79. The average molecular weight is 528 g/mol. The minimum Gasteiger partial charge on any atom is -0.493 e. The molecule has 1 N–H and O–H groups in total. The van der Waals surface area contributed by atoms with Gasteiger partial charge in [0, 0.05) is 25.7 Å². The molecule has 0 fully saturated rings. The fraction of sp³-hybridized carbons (Fsp3) is 0.517. The van der Waals surface area contributed by atoms with Crippen LogP contribution in [0.15, 0.2) is 30.3 Å². The molecule has 1 aliphatic rings. The van der Waals surface area contributed by atoms with E-state index in [-0.39, 0.29) is 11.8 Å². The molecule has 3 rings (SSSR count). The Morgan fingerprint density at radius 3 is 2.16 bits per heavy atom. The maximum absolute atomic E-state index is 13.9. The number of ether oxygens (including phenoxy) is 4. The molecule has 38 heavy (non-hydrogen) atoms. The van der Waals surface area contributed by atoms with E-state index < -0.39 is 12.0 Å². The molecule has 9 nitrogen and oxygen atoms in total. The number of carbonyl (C=O) groups excluding carboxylic acids is 2. The molecule has 2 atom stereocenters. The Labute approximate surface area is 226 Å². The Bertz CT molecular complexity index is 1120. The number of nitrogens with one attached hydrogen (secondary N) is 1. The molecule has 2 amide bonds. The van der Waals surface area contributed by atoms with Crippen LogP contribution in [-0.2, 0) is 4.79 Å². The number of carbonyl (C=O) groups is 2. The van der Waals surface area contributed by atoms with Crippen molar-refractivity contribution in [1.82, 2.24) is 15.1 Å². The van der Waals surface area contributed by atoms with Crippen LogP contribution in [0.4, 0.5) is 0 Å². The molecule has 2 aromatic rings. The second-order valence-electron chi connectivity index (χ2n) is 9.33. The van der Waals surface area contributed by atoms with Crippen LogP contribution in [0.3, 0.4) is 0 Å². The summed E-state index contributed by atoms with van der Waals surface area (Å²) in [5, 5.41) is 3.14. The first-order valence-corrected chi connectivity index (χ1v) is 13.1. The van der Waals surface area contributed by atoms with E-state index in [9.17, 15) is 9.59 Å². The number of hydrogen-bond donors (Lipinski definition) is 1. The SMILES string of the molecule is CCCCN(CC)CCNC(=O)C1c2cc(OC)c(OC)cc2C(=O)N(C)C1c1ccc(OC)c(OC)c1.